The number of aromatic nitrogens is 6. The molecule has 2 aromatic heterocycles. The summed E-state index contributed by atoms with van der Waals surface area (Å²) >= 11 is 0. The van der Waals surface area contributed by atoms with Gasteiger partial charge < -0.3 is 19.6 Å². The quantitative estimate of drug-likeness (QED) is 0.485. The van der Waals surface area contributed by atoms with Crippen molar-refractivity contribution in [1.29, 1.82) is 0 Å². The summed E-state index contributed by atoms with van der Waals surface area (Å²) in [6.45, 7) is 0.657. The molecule has 1 atom stereocenters. The van der Waals surface area contributed by atoms with Crippen LogP contribution < -0.4 is 4.74 Å². The number of hydrogen-bond acceptors (Lipinski definition) is 8. The van der Waals surface area contributed by atoms with Gasteiger partial charge in [0.2, 0.25) is 5.82 Å². The molecule has 3 heterocycles. The molecule has 0 bridgehead atoms. The average molecular weight is 361 g/mol. The van der Waals surface area contributed by atoms with E-state index in [9.17, 15) is 14.5 Å². The van der Waals surface area contributed by atoms with Crippen LogP contribution in [0.3, 0.4) is 0 Å². The lowest BCUT2D eigenvalue weighted by Crippen LogP contribution is -2.32. The summed E-state index contributed by atoms with van der Waals surface area (Å²) in [6, 6.07) is 5.86. The second-order valence-electron chi connectivity index (χ2n) is 5.51. The Balaban J connectivity index is 1.37. The van der Waals surface area contributed by atoms with Gasteiger partial charge in [-0.3, -0.25) is 4.57 Å². The first-order chi connectivity index (χ1) is 12.6. The number of nitro groups is 1. The topological polar surface area (TPSA) is 123 Å². The summed E-state index contributed by atoms with van der Waals surface area (Å²) in [5.74, 6) is -0.282. The van der Waals surface area contributed by atoms with Crippen molar-refractivity contribution in [3.63, 3.8) is 0 Å². The molecule has 134 valence electrons. The van der Waals surface area contributed by atoms with Crippen LogP contribution in [-0.4, -0.2) is 47.4 Å². The van der Waals surface area contributed by atoms with Gasteiger partial charge in [0, 0.05) is 4.98 Å². The van der Waals surface area contributed by atoms with E-state index in [0.717, 1.165) is 0 Å². The summed E-state index contributed by atoms with van der Waals surface area (Å²) in [7, 11) is 0. The van der Waals surface area contributed by atoms with Crippen LogP contribution in [0.15, 0.2) is 30.5 Å². The van der Waals surface area contributed by atoms with Crippen LogP contribution in [0.2, 0.25) is 0 Å². The van der Waals surface area contributed by atoms with Crippen molar-refractivity contribution >= 4 is 5.82 Å². The summed E-state index contributed by atoms with van der Waals surface area (Å²) in [5, 5.41) is 22.7. The number of tetrazole rings is 1. The maximum atomic E-state index is 12.9. The number of rotatable bonds is 5. The monoisotopic (exact) mass is 361 g/mol. The zero-order valence-corrected chi connectivity index (χ0v) is 13.2. The van der Waals surface area contributed by atoms with Crippen molar-refractivity contribution in [2.75, 3.05) is 6.61 Å². The summed E-state index contributed by atoms with van der Waals surface area (Å²) in [6.07, 6.45) is 0.961. The molecular weight excluding hydrogens is 349 g/mol. The fourth-order valence-electron chi connectivity index (χ4n) is 2.44. The fourth-order valence-corrected chi connectivity index (χ4v) is 2.44. The molecule has 1 aliphatic heterocycles. The maximum Gasteiger partial charge on any atom is 0.414 e. The Kier molecular flexibility index (Phi) is 4.01. The lowest BCUT2D eigenvalue weighted by molar-refractivity contribution is -0.389. The third-order valence-electron chi connectivity index (χ3n) is 3.67. The van der Waals surface area contributed by atoms with E-state index < -0.39 is 4.92 Å². The van der Waals surface area contributed by atoms with Crippen LogP contribution in [0.1, 0.15) is 5.82 Å². The second-order valence-corrected chi connectivity index (χ2v) is 5.51. The number of fused-ring (bicyclic) bond motifs is 1. The minimum atomic E-state index is -0.581. The van der Waals surface area contributed by atoms with Gasteiger partial charge in [-0.05, 0) is 34.4 Å². The van der Waals surface area contributed by atoms with Gasteiger partial charge in [-0.2, -0.15) is 0 Å². The molecule has 4 rings (SSSR count). The SMILES string of the molecule is O=[N+]([O-])c1cn2c(n1)OC[C@@H](OCc1nnn(-c3ccc(F)cc3)n1)C2. The lowest BCUT2D eigenvalue weighted by Gasteiger charge is -2.21. The lowest BCUT2D eigenvalue weighted by atomic mass is 10.3. The molecule has 0 aliphatic carbocycles. The molecular formula is C14H12FN7O4. The summed E-state index contributed by atoms with van der Waals surface area (Å²) in [5.41, 5.74) is 0.571. The molecule has 11 nitrogen and oxygen atoms in total. The number of benzene rings is 1. The minimum Gasteiger partial charge on any atom is -0.443 e. The van der Waals surface area contributed by atoms with E-state index in [1.165, 1.54) is 39.8 Å². The number of hydrogen-bond donors (Lipinski definition) is 0. The number of halogens is 1. The molecule has 0 fully saturated rings. The predicted molar refractivity (Wildman–Crippen MR) is 82.1 cm³/mol. The Morgan fingerprint density at radius 3 is 2.96 bits per heavy atom. The van der Waals surface area contributed by atoms with Crippen molar-refractivity contribution < 1.29 is 18.8 Å². The Labute approximate surface area is 145 Å². The van der Waals surface area contributed by atoms with Crippen LogP contribution in [0.25, 0.3) is 5.69 Å². The van der Waals surface area contributed by atoms with Gasteiger partial charge in [0.25, 0.3) is 0 Å². The first kappa shape index (κ1) is 16.1. The van der Waals surface area contributed by atoms with Crippen LogP contribution in [0, 0.1) is 15.9 Å². The second kappa shape index (κ2) is 6.48. The molecule has 0 amide bonds. The van der Waals surface area contributed by atoms with Gasteiger partial charge in [-0.15, -0.1) is 15.0 Å². The Morgan fingerprint density at radius 1 is 1.38 bits per heavy atom. The largest absolute Gasteiger partial charge is 0.443 e. The van der Waals surface area contributed by atoms with E-state index in [2.05, 4.69) is 20.4 Å². The molecule has 3 aromatic rings. The van der Waals surface area contributed by atoms with E-state index in [4.69, 9.17) is 9.47 Å². The van der Waals surface area contributed by atoms with Gasteiger partial charge in [0.1, 0.15) is 31.3 Å². The van der Waals surface area contributed by atoms with Gasteiger partial charge in [-0.25, -0.2) is 4.39 Å². The van der Waals surface area contributed by atoms with E-state index in [1.807, 2.05) is 0 Å². The van der Waals surface area contributed by atoms with Gasteiger partial charge in [0.05, 0.1) is 12.2 Å². The van der Waals surface area contributed by atoms with E-state index >= 15 is 0 Å². The highest BCUT2D eigenvalue weighted by Crippen LogP contribution is 2.22. The van der Waals surface area contributed by atoms with Gasteiger partial charge in [0.15, 0.2) is 0 Å². The number of nitrogens with zero attached hydrogens (tertiary/aromatic N) is 7. The zero-order valence-electron chi connectivity index (χ0n) is 13.2. The molecule has 0 unspecified atom stereocenters. The molecule has 1 aliphatic rings. The molecule has 0 N–H and O–H groups in total. The number of imidazole rings is 1. The zero-order chi connectivity index (χ0) is 18.1. The molecule has 1 aromatic carbocycles. The minimum absolute atomic E-state index is 0.0847. The molecule has 0 radical (unpaired) electrons. The maximum absolute atomic E-state index is 12.9. The van der Waals surface area contributed by atoms with Crippen molar-refractivity contribution in [3.05, 3.63) is 52.2 Å². The summed E-state index contributed by atoms with van der Waals surface area (Å²) < 4.78 is 25.5. The highest BCUT2D eigenvalue weighted by Gasteiger charge is 2.28. The first-order valence-corrected chi connectivity index (χ1v) is 7.59. The molecule has 26 heavy (non-hydrogen) atoms. The normalized spacial score (nSPS) is 16.1. The summed E-state index contributed by atoms with van der Waals surface area (Å²) in [4.78, 5) is 15.2. The van der Waals surface area contributed by atoms with Crippen LogP contribution in [0.4, 0.5) is 10.2 Å². The number of ether oxygens (including phenoxy) is 2. The van der Waals surface area contributed by atoms with Crippen molar-refractivity contribution in [3.8, 4) is 11.7 Å². The van der Waals surface area contributed by atoms with E-state index in [-0.39, 0.29) is 37.0 Å². The highest BCUT2D eigenvalue weighted by atomic mass is 19.1. The van der Waals surface area contributed by atoms with Crippen molar-refractivity contribution in [1.82, 2.24) is 29.8 Å². The fraction of sp³-hybridized carbons (Fsp3) is 0.286. The first-order valence-electron chi connectivity index (χ1n) is 7.59. The van der Waals surface area contributed by atoms with Crippen LogP contribution in [-0.2, 0) is 17.9 Å². The Bertz CT molecular complexity index is 939. The van der Waals surface area contributed by atoms with Crippen molar-refractivity contribution in [2.45, 2.75) is 19.3 Å². The predicted octanol–water partition coefficient (Wildman–Crippen LogP) is 0.884. The van der Waals surface area contributed by atoms with Crippen LogP contribution >= 0.6 is 0 Å². The van der Waals surface area contributed by atoms with E-state index in [0.29, 0.717) is 18.1 Å². The molecule has 0 saturated heterocycles. The molecule has 12 heteroatoms. The van der Waals surface area contributed by atoms with Crippen molar-refractivity contribution in [2.24, 2.45) is 0 Å². The standard InChI is InChI=1S/C14H12FN7O4/c15-9-1-3-10(4-2-9)21-18-12(17-19-21)8-25-11-5-20-6-13(22(23)24)16-14(20)26-7-11/h1-4,6,11H,5,7-8H2/t11-/m0/s1. The van der Waals surface area contributed by atoms with Gasteiger partial charge in [-0.1, -0.05) is 0 Å². The Morgan fingerprint density at radius 2 is 2.19 bits per heavy atom. The smallest absolute Gasteiger partial charge is 0.414 e. The van der Waals surface area contributed by atoms with Gasteiger partial charge >= 0.3 is 11.8 Å². The highest BCUT2D eigenvalue weighted by molar-refractivity contribution is 5.28. The molecule has 0 spiro atoms. The average Bonchev–Trinajstić information content (AvgIpc) is 3.27. The Hall–Kier alpha value is -3.41. The van der Waals surface area contributed by atoms with Crippen LogP contribution in [0.5, 0.6) is 6.01 Å². The third-order valence-corrected chi connectivity index (χ3v) is 3.67. The van der Waals surface area contributed by atoms with E-state index in [1.54, 1.807) is 0 Å². The third kappa shape index (κ3) is 3.21. The molecule has 0 saturated carbocycles.